The molecule has 0 radical (unpaired) electrons. The molecule has 0 heterocycles. The van der Waals surface area contributed by atoms with Crippen LogP contribution in [0.3, 0.4) is 0 Å². The first-order valence-corrected chi connectivity index (χ1v) is 5.05. The van der Waals surface area contributed by atoms with E-state index in [9.17, 15) is 4.79 Å². The molecular weight excluding hydrogens is 226 g/mol. The van der Waals surface area contributed by atoms with Crippen LogP contribution in [0, 0.1) is 0 Å². The maximum absolute atomic E-state index is 11.8. The molecule has 3 nitrogen and oxygen atoms in total. The highest BCUT2D eigenvalue weighted by Gasteiger charge is 2.38. The van der Waals surface area contributed by atoms with E-state index in [1.54, 1.807) is 0 Å². The van der Waals surface area contributed by atoms with Crippen molar-refractivity contribution in [3.8, 4) is 0 Å². The standard InChI is InChI=1S/C12H17NO2.ClH/c1-3-12(9-13,11(14)15-2)10-7-5-4-6-8-10;/h4-8H,3,9,13H2,1-2H3;1H. The molecule has 2 N–H and O–H groups in total. The number of hydrogen-bond acceptors (Lipinski definition) is 3. The fraction of sp³-hybridized carbons (Fsp3) is 0.417. The minimum atomic E-state index is -0.698. The molecule has 0 saturated heterocycles. The molecular formula is C12H18ClNO2. The maximum atomic E-state index is 11.8. The van der Waals surface area contributed by atoms with E-state index < -0.39 is 5.41 Å². The molecule has 0 amide bonds. The molecule has 0 bridgehead atoms. The van der Waals surface area contributed by atoms with Crippen molar-refractivity contribution in [1.29, 1.82) is 0 Å². The van der Waals surface area contributed by atoms with E-state index in [-0.39, 0.29) is 24.9 Å². The van der Waals surface area contributed by atoms with Crippen molar-refractivity contribution in [2.24, 2.45) is 5.73 Å². The van der Waals surface area contributed by atoms with Crippen molar-refractivity contribution in [3.05, 3.63) is 35.9 Å². The lowest BCUT2D eigenvalue weighted by Gasteiger charge is -2.28. The summed E-state index contributed by atoms with van der Waals surface area (Å²) in [6.07, 6.45) is 0.639. The van der Waals surface area contributed by atoms with Crippen molar-refractivity contribution >= 4 is 18.4 Å². The number of carbonyl (C=O) groups is 1. The quantitative estimate of drug-likeness (QED) is 0.822. The van der Waals surface area contributed by atoms with Gasteiger partial charge in [-0.05, 0) is 12.0 Å². The van der Waals surface area contributed by atoms with E-state index in [0.29, 0.717) is 6.42 Å². The lowest BCUT2D eigenvalue weighted by Crippen LogP contribution is -2.43. The van der Waals surface area contributed by atoms with Crippen LogP contribution in [0.2, 0.25) is 0 Å². The first-order chi connectivity index (χ1) is 7.21. The number of halogens is 1. The van der Waals surface area contributed by atoms with Crippen LogP contribution in [-0.2, 0) is 14.9 Å². The number of methoxy groups -OCH3 is 1. The molecule has 0 saturated carbocycles. The zero-order valence-corrected chi connectivity index (χ0v) is 10.4. The second-order valence-electron chi connectivity index (χ2n) is 3.50. The molecule has 1 aromatic rings. The molecule has 1 aromatic carbocycles. The Labute approximate surface area is 102 Å². The van der Waals surface area contributed by atoms with Crippen LogP contribution >= 0.6 is 12.4 Å². The van der Waals surface area contributed by atoms with E-state index in [0.717, 1.165) is 5.56 Å². The van der Waals surface area contributed by atoms with Crippen molar-refractivity contribution in [2.45, 2.75) is 18.8 Å². The number of esters is 1. The molecule has 0 aromatic heterocycles. The lowest BCUT2D eigenvalue weighted by atomic mass is 9.78. The summed E-state index contributed by atoms with van der Waals surface area (Å²) in [6, 6.07) is 9.54. The summed E-state index contributed by atoms with van der Waals surface area (Å²) in [5, 5.41) is 0. The van der Waals surface area contributed by atoms with E-state index in [2.05, 4.69) is 0 Å². The molecule has 1 atom stereocenters. The Morgan fingerprint density at radius 2 is 1.94 bits per heavy atom. The van der Waals surface area contributed by atoms with E-state index in [4.69, 9.17) is 10.5 Å². The van der Waals surface area contributed by atoms with Gasteiger partial charge in [-0.1, -0.05) is 37.3 Å². The second kappa shape index (κ2) is 6.51. The summed E-state index contributed by atoms with van der Waals surface area (Å²) in [5.74, 6) is -0.265. The number of rotatable bonds is 4. The van der Waals surface area contributed by atoms with E-state index in [1.807, 2.05) is 37.3 Å². The molecule has 4 heteroatoms. The Morgan fingerprint density at radius 3 is 2.31 bits per heavy atom. The minimum absolute atomic E-state index is 0. The van der Waals surface area contributed by atoms with Crippen molar-refractivity contribution in [3.63, 3.8) is 0 Å². The van der Waals surface area contributed by atoms with Gasteiger partial charge in [-0.3, -0.25) is 4.79 Å². The zero-order valence-electron chi connectivity index (χ0n) is 9.60. The molecule has 0 fully saturated rings. The highest BCUT2D eigenvalue weighted by molar-refractivity contribution is 5.85. The van der Waals surface area contributed by atoms with Crippen LogP contribution in [0.15, 0.2) is 30.3 Å². The number of benzene rings is 1. The first kappa shape index (κ1) is 14.9. The van der Waals surface area contributed by atoms with Gasteiger partial charge in [0.1, 0.15) is 5.41 Å². The number of hydrogen-bond donors (Lipinski definition) is 1. The summed E-state index contributed by atoms with van der Waals surface area (Å²) in [4.78, 5) is 11.8. The molecule has 0 aliphatic heterocycles. The summed E-state index contributed by atoms with van der Waals surface area (Å²) >= 11 is 0. The van der Waals surface area contributed by atoms with Crippen LogP contribution in [0.5, 0.6) is 0 Å². The van der Waals surface area contributed by atoms with Crippen LogP contribution in [0.4, 0.5) is 0 Å². The normalized spacial score (nSPS) is 13.4. The Bertz CT molecular complexity index is 323. The molecule has 0 aliphatic rings. The number of nitrogens with two attached hydrogens (primary N) is 1. The van der Waals surface area contributed by atoms with Gasteiger partial charge in [0, 0.05) is 6.54 Å². The fourth-order valence-corrected chi connectivity index (χ4v) is 1.76. The van der Waals surface area contributed by atoms with Crippen LogP contribution in [-0.4, -0.2) is 19.6 Å². The van der Waals surface area contributed by atoms with Gasteiger partial charge in [0.2, 0.25) is 0 Å². The molecule has 1 rings (SSSR count). The summed E-state index contributed by atoms with van der Waals surface area (Å²) in [6.45, 7) is 2.21. The van der Waals surface area contributed by atoms with Gasteiger partial charge >= 0.3 is 5.97 Å². The third-order valence-electron chi connectivity index (χ3n) is 2.85. The van der Waals surface area contributed by atoms with Crippen LogP contribution in [0.25, 0.3) is 0 Å². The summed E-state index contributed by atoms with van der Waals surface area (Å²) in [7, 11) is 1.39. The predicted octanol–water partition coefficient (Wildman–Crippen LogP) is 1.89. The monoisotopic (exact) mass is 243 g/mol. The average Bonchev–Trinajstić information content (AvgIpc) is 2.32. The number of carbonyl (C=O) groups excluding carboxylic acids is 1. The fourth-order valence-electron chi connectivity index (χ4n) is 1.76. The van der Waals surface area contributed by atoms with Gasteiger partial charge in [-0.2, -0.15) is 0 Å². The zero-order chi connectivity index (χ0) is 11.3. The van der Waals surface area contributed by atoms with Gasteiger partial charge in [0.05, 0.1) is 7.11 Å². The van der Waals surface area contributed by atoms with Crippen molar-refractivity contribution in [2.75, 3.05) is 13.7 Å². The van der Waals surface area contributed by atoms with Gasteiger partial charge in [-0.25, -0.2) is 0 Å². The Balaban J connectivity index is 0.00000225. The topological polar surface area (TPSA) is 52.3 Å². The largest absolute Gasteiger partial charge is 0.468 e. The van der Waals surface area contributed by atoms with E-state index in [1.165, 1.54) is 7.11 Å². The highest BCUT2D eigenvalue weighted by atomic mass is 35.5. The molecule has 0 spiro atoms. The van der Waals surface area contributed by atoms with Gasteiger partial charge in [-0.15, -0.1) is 12.4 Å². The lowest BCUT2D eigenvalue weighted by molar-refractivity contribution is -0.147. The third kappa shape index (κ3) is 2.54. The maximum Gasteiger partial charge on any atom is 0.317 e. The van der Waals surface area contributed by atoms with Crippen molar-refractivity contribution in [1.82, 2.24) is 0 Å². The first-order valence-electron chi connectivity index (χ1n) is 5.05. The SMILES string of the molecule is CCC(CN)(C(=O)OC)c1ccccc1.Cl. The Kier molecular flexibility index (Phi) is 6.08. The molecule has 16 heavy (non-hydrogen) atoms. The van der Waals surface area contributed by atoms with Crippen LogP contribution in [0.1, 0.15) is 18.9 Å². The smallest absolute Gasteiger partial charge is 0.317 e. The van der Waals surface area contributed by atoms with Gasteiger partial charge in [0.25, 0.3) is 0 Å². The van der Waals surface area contributed by atoms with E-state index >= 15 is 0 Å². The average molecular weight is 244 g/mol. The molecule has 1 unspecified atom stereocenters. The highest BCUT2D eigenvalue weighted by Crippen LogP contribution is 2.28. The van der Waals surface area contributed by atoms with Crippen molar-refractivity contribution < 1.29 is 9.53 Å². The summed E-state index contributed by atoms with van der Waals surface area (Å²) in [5.41, 5.74) is 5.95. The molecule has 90 valence electrons. The van der Waals surface area contributed by atoms with Gasteiger partial charge in [0.15, 0.2) is 0 Å². The number of ether oxygens (including phenoxy) is 1. The molecule has 0 aliphatic carbocycles. The van der Waals surface area contributed by atoms with Gasteiger partial charge < -0.3 is 10.5 Å². The summed E-state index contributed by atoms with van der Waals surface area (Å²) < 4.78 is 4.83. The third-order valence-corrected chi connectivity index (χ3v) is 2.85. The second-order valence-corrected chi connectivity index (χ2v) is 3.50. The minimum Gasteiger partial charge on any atom is -0.468 e. The van der Waals surface area contributed by atoms with Crippen LogP contribution < -0.4 is 5.73 Å². The Hall–Kier alpha value is -1.06. The Morgan fingerprint density at radius 1 is 1.38 bits per heavy atom. The predicted molar refractivity (Wildman–Crippen MR) is 66.7 cm³/mol.